The van der Waals surface area contributed by atoms with E-state index in [0.717, 1.165) is 17.1 Å². The Kier molecular flexibility index (Phi) is 1.34. The SMILES string of the molecule is Oc1ccc2c(c1C1CCCC1)O2. The molecule has 0 radical (unpaired) electrons. The van der Waals surface area contributed by atoms with Crippen molar-refractivity contribution in [2.45, 2.75) is 31.6 Å². The molecule has 1 aromatic carbocycles. The van der Waals surface area contributed by atoms with Gasteiger partial charge in [-0.05, 0) is 30.9 Å². The van der Waals surface area contributed by atoms with Gasteiger partial charge in [0.25, 0.3) is 0 Å². The maximum absolute atomic E-state index is 9.71. The molecule has 0 bridgehead atoms. The molecule has 2 nitrogen and oxygen atoms in total. The maximum Gasteiger partial charge on any atom is 0.177 e. The fourth-order valence-electron chi connectivity index (χ4n) is 2.35. The molecule has 1 heterocycles. The van der Waals surface area contributed by atoms with Gasteiger partial charge in [-0.15, -0.1) is 0 Å². The molecule has 1 N–H and O–H groups in total. The fraction of sp³-hybridized carbons (Fsp3) is 0.455. The molecule has 2 aliphatic rings. The zero-order valence-corrected chi connectivity index (χ0v) is 7.42. The summed E-state index contributed by atoms with van der Waals surface area (Å²) in [6.45, 7) is 0. The third kappa shape index (κ3) is 1.01. The molecular weight excluding hydrogens is 164 g/mol. The van der Waals surface area contributed by atoms with Gasteiger partial charge in [0.1, 0.15) is 5.75 Å². The van der Waals surface area contributed by atoms with Crippen LogP contribution in [0.1, 0.15) is 37.2 Å². The molecule has 0 saturated heterocycles. The minimum atomic E-state index is 0.420. The van der Waals surface area contributed by atoms with Crippen molar-refractivity contribution in [1.29, 1.82) is 0 Å². The van der Waals surface area contributed by atoms with Gasteiger partial charge in [-0.2, -0.15) is 0 Å². The van der Waals surface area contributed by atoms with Crippen LogP contribution >= 0.6 is 0 Å². The summed E-state index contributed by atoms with van der Waals surface area (Å²) in [5.41, 5.74) is 1.06. The molecule has 13 heavy (non-hydrogen) atoms. The molecule has 1 aromatic rings. The highest BCUT2D eigenvalue weighted by molar-refractivity contribution is 5.64. The number of hydrogen-bond donors (Lipinski definition) is 1. The highest BCUT2D eigenvalue weighted by Gasteiger charge is 2.32. The van der Waals surface area contributed by atoms with E-state index >= 15 is 0 Å². The van der Waals surface area contributed by atoms with E-state index in [-0.39, 0.29) is 0 Å². The zero-order chi connectivity index (χ0) is 8.84. The van der Waals surface area contributed by atoms with Crippen molar-refractivity contribution in [1.82, 2.24) is 0 Å². The minimum absolute atomic E-state index is 0.420. The first-order valence-electron chi connectivity index (χ1n) is 4.90. The number of fused-ring (bicyclic) bond motifs is 1. The summed E-state index contributed by atoms with van der Waals surface area (Å²) in [6, 6.07) is 3.59. The van der Waals surface area contributed by atoms with E-state index in [1.165, 1.54) is 25.7 Å². The molecule has 3 rings (SSSR count). The fourth-order valence-corrected chi connectivity index (χ4v) is 2.35. The summed E-state index contributed by atoms with van der Waals surface area (Å²) in [6.07, 6.45) is 4.97. The maximum atomic E-state index is 9.71. The second kappa shape index (κ2) is 2.41. The average molecular weight is 176 g/mol. The van der Waals surface area contributed by atoms with E-state index < -0.39 is 0 Å². The van der Waals surface area contributed by atoms with Crippen LogP contribution in [-0.2, 0) is 0 Å². The first kappa shape index (κ1) is 7.25. The predicted molar refractivity (Wildman–Crippen MR) is 49.4 cm³/mol. The first-order valence-corrected chi connectivity index (χ1v) is 4.90. The summed E-state index contributed by atoms with van der Waals surface area (Å²) in [4.78, 5) is 0. The van der Waals surface area contributed by atoms with Crippen molar-refractivity contribution in [3.05, 3.63) is 17.7 Å². The van der Waals surface area contributed by atoms with Crippen molar-refractivity contribution >= 4 is 0 Å². The number of phenolic OH excluding ortho intramolecular Hbond substituents is 1. The highest BCUT2D eigenvalue weighted by atomic mass is 16.6. The van der Waals surface area contributed by atoms with Crippen molar-refractivity contribution in [3.63, 3.8) is 0 Å². The van der Waals surface area contributed by atoms with Crippen molar-refractivity contribution in [2.24, 2.45) is 0 Å². The van der Waals surface area contributed by atoms with Crippen LogP contribution < -0.4 is 4.74 Å². The van der Waals surface area contributed by atoms with Gasteiger partial charge < -0.3 is 9.84 Å². The van der Waals surface area contributed by atoms with Gasteiger partial charge in [-0.25, -0.2) is 0 Å². The van der Waals surface area contributed by atoms with Gasteiger partial charge >= 0.3 is 0 Å². The Morgan fingerprint density at radius 1 is 1.23 bits per heavy atom. The molecule has 0 aromatic heterocycles. The van der Waals surface area contributed by atoms with Gasteiger partial charge in [-0.3, -0.25) is 0 Å². The molecule has 0 spiro atoms. The second-order valence-corrected chi connectivity index (χ2v) is 3.91. The van der Waals surface area contributed by atoms with E-state index in [1.807, 2.05) is 6.07 Å². The summed E-state index contributed by atoms with van der Waals surface area (Å²) in [7, 11) is 0. The molecule has 2 heteroatoms. The number of hydrogen-bond acceptors (Lipinski definition) is 2. The normalized spacial score (nSPS) is 19.7. The Labute approximate surface area is 77.2 Å². The van der Waals surface area contributed by atoms with Gasteiger partial charge in [-0.1, -0.05) is 12.8 Å². The lowest BCUT2D eigenvalue weighted by molar-refractivity contribution is 0.460. The number of benzene rings is 1. The summed E-state index contributed by atoms with van der Waals surface area (Å²) >= 11 is 0. The Bertz CT molecular complexity index is 348. The van der Waals surface area contributed by atoms with Crippen molar-refractivity contribution in [2.75, 3.05) is 0 Å². The number of ether oxygens (including phenoxy) is 1. The molecule has 0 unspecified atom stereocenters. The molecule has 1 fully saturated rings. The molecule has 0 amide bonds. The van der Waals surface area contributed by atoms with Crippen LogP contribution in [0.4, 0.5) is 0 Å². The van der Waals surface area contributed by atoms with Crippen molar-refractivity contribution in [3.8, 4) is 17.2 Å². The summed E-state index contributed by atoms with van der Waals surface area (Å²) in [5, 5.41) is 9.71. The minimum Gasteiger partial charge on any atom is -0.508 e. The third-order valence-electron chi connectivity index (χ3n) is 3.07. The first-order chi connectivity index (χ1) is 6.36. The Balaban J connectivity index is 2.04. The largest absolute Gasteiger partial charge is 0.508 e. The smallest absolute Gasteiger partial charge is 0.177 e. The Hall–Kier alpha value is -1.18. The molecular formula is C11H12O2. The molecule has 0 atom stereocenters. The van der Waals surface area contributed by atoms with Crippen molar-refractivity contribution < 1.29 is 9.84 Å². The topological polar surface area (TPSA) is 32.8 Å². The summed E-state index contributed by atoms with van der Waals surface area (Å²) < 4.78 is 5.30. The van der Waals surface area contributed by atoms with E-state index in [2.05, 4.69) is 0 Å². The molecule has 1 aliphatic heterocycles. The van der Waals surface area contributed by atoms with Gasteiger partial charge in [0.2, 0.25) is 0 Å². The van der Waals surface area contributed by atoms with Crippen LogP contribution in [0.2, 0.25) is 0 Å². The van der Waals surface area contributed by atoms with Crippen LogP contribution in [0.25, 0.3) is 0 Å². The quantitative estimate of drug-likeness (QED) is 0.677. The zero-order valence-electron chi connectivity index (χ0n) is 7.42. The standard InChI is InChI=1S/C11H12O2/c12-8-5-6-9-11(13-9)10(8)7-3-1-2-4-7/h5-7,12H,1-4H2. The van der Waals surface area contributed by atoms with Gasteiger partial charge in [0, 0.05) is 5.56 Å². The summed E-state index contributed by atoms with van der Waals surface area (Å²) in [5.74, 6) is 2.87. The lowest BCUT2D eigenvalue weighted by Gasteiger charge is -2.08. The monoisotopic (exact) mass is 176 g/mol. The van der Waals surface area contributed by atoms with E-state index in [0.29, 0.717) is 11.7 Å². The van der Waals surface area contributed by atoms with Gasteiger partial charge in [0.15, 0.2) is 11.5 Å². The van der Waals surface area contributed by atoms with Crippen LogP contribution in [-0.4, -0.2) is 5.11 Å². The third-order valence-corrected chi connectivity index (χ3v) is 3.07. The van der Waals surface area contributed by atoms with Crippen LogP contribution in [0.15, 0.2) is 12.1 Å². The predicted octanol–water partition coefficient (Wildman–Crippen LogP) is 3.16. The van der Waals surface area contributed by atoms with E-state index in [9.17, 15) is 5.11 Å². The molecule has 1 aliphatic carbocycles. The Morgan fingerprint density at radius 2 is 2.00 bits per heavy atom. The highest BCUT2D eigenvalue weighted by Crippen LogP contribution is 2.56. The van der Waals surface area contributed by atoms with E-state index in [1.54, 1.807) is 6.07 Å². The number of phenols is 1. The van der Waals surface area contributed by atoms with Crippen LogP contribution in [0, 0.1) is 0 Å². The lowest BCUT2D eigenvalue weighted by atomic mass is 9.97. The number of rotatable bonds is 1. The lowest BCUT2D eigenvalue weighted by Crippen LogP contribution is -1.90. The van der Waals surface area contributed by atoms with Gasteiger partial charge in [0.05, 0.1) is 0 Å². The second-order valence-electron chi connectivity index (χ2n) is 3.91. The van der Waals surface area contributed by atoms with Crippen LogP contribution in [0.3, 0.4) is 0 Å². The average Bonchev–Trinajstić information content (AvgIpc) is 2.69. The number of aromatic hydroxyl groups is 1. The Morgan fingerprint density at radius 3 is 2.77 bits per heavy atom. The van der Waals surface area contributed by atoms with E-state index in [4.69, 9.17) is 4.74 Å². The molecule has 68 valence electrons. The molecule has 1 saturated carbocycles. The van der Waals surface area contributed by atoms with Crippen LogP contribution in [0.5, 0.6) is 17.2 Å².